The lowest BCUT2D eigenvalue weighted by molar-refractivity contribution is 0.429. The lowest BCUT2D eigenvalue weighted by atomic mass is 10.1. The summed E-state index contributed by atoms with van der Waals surface area (Å²) in [7, 11) is 0. The van der Waals surface area contributed by atoms with Gasteiger partial charge in [-0.25, -0.2) is 4.98 Å². The van der Waals surface area contributed by atoms with E-state index >= 15 is 0 Å². The summed E-state index contributed by atoms with van der Waals surface area (Å²) in [5.41, 5.74) is 2.89. The smallest absolute Gasteiger partial charge is 0.105 e. The summed E-state index contributed by atoms with van der Waals surface area (Å²) in [6.45, 7) is 10.5. The number of rotatable bonds is 5. The molecule has 1 aromatic carbocycles. The van der Waals surface area contributed by atoms with Crippen LogP contribution in [0.2, 0.25) is 0 Å². The quantitative estimate of drug-likeness (QED) is 0.905. The Kier molecular flexibility index (Phi) is 4.61. The molecule has 1 heterocycles. The Labute approximate surface area is 122 Å². The summed E-state index contributed by atoms with van der Waals surface area (Å²) >= 11 is 0. The molecular formula is C17H25N3. The number of hydrogen-bond acceptors (Lipinski definition) is 2. The highest BCUT2D eigenvalue weighted by atomic mass is 15.0. The van der Waals surface area contributed by atoms with E-state index in [-0.39, 0.29) is 5.54 Å². The van der Waals surface area contributed by atoms with Crippen molar-refractivity contribution in [3.05, 3.63) is 53.6 Å². The van der Waals surface area contributed by atoms with Crippen LogP contribution < -0.4 is 5.32 Å². The number of nitrogens with zero attached hydrogens (tertiary/aromatic N) is 2. The first kappa shape index (κ1) is 14.8. The van der Waals surface area contributed by atoms with Gasteiger partial charge in [0, 0.05) is 24.5 Å². The van der Waals surface area contributed by atoms with E-state index in [9.17, 15) is 0 Å². The molecule has 3 nitrogen and oxygen atoms in total. The zero-order valence-electron chi connectivity index (χ0n) is 13.0. The molecule has 0 unspecified atom stereocenters. The van der Waals surface area contributed by atoms with Gasteiger partial charge in [0.2, 0.25) is 0 Å². The fraction of sp³-hybridized carbons (Fsp3) is 0.471. The molecule has 0 fully saturated rings. The van der Waals surface area contributed by atoms with Crippen molar-refractivity contribution >= 4 is 0 Å². The normalized spacial score (nSPS) is 11.8. The molecule has 0 aliphatic rings. The molecule has 1 aromatic heterocycles. The van der Waals surface area contributed by atoms with Crippen LogP contribution in [0.15, 0.2) is 36.7 Å². The van der Waals surface area contributed by atoms with E-state index in [0.29, 0.717) is 0 Å². The van der Waals surface area contributed by atoms with Gasteiger partial charge >= 0.3 is 0 Å². The molecule has 0 atom stereocenters. The molecule has 108 valence electrons. The summed E-state index contributed by atoms with van der Waals surface area (Å²) in [4.78, 5) is 4.25. The molecule has 0 amide bonds. The first-order valence-electron chi connectivity index (χ1n) is 7.25. The van der Waals surface area contributed by atoms with Crippen LogP contribution in [-0.4, -0.2) is 21.6 Å². The summed E-state index contributed by atoms with van der Waals surface area (Å²) in [5.74, 6) is 1.06. The molecule has 2 rings (SSSR count). The Morgan fingerprint density at radius 2 is 1.75 bits per heavy atom. The van der Waals surface area contributed by atoms with Crippen molar-refractivity contribution in [1.29, 1.82) is 0 Å². The number of benzene rings is 1. The van der Waals surface area contributed by atoms with Crippen LogP contribution in [0.25, 0.3) is 0 Å². The van der Waals surface area contributed by atoms with Crippen molar-refractivity contribution in [3.63, 3.8) is 0 Å². The number of aromatic nitrogens is 2. The molecular weight excluding hydrogens is 246 g/mol. The predicted octanol–water partition coefficient (Wildman–Crippen LogP) is 3.17. The van der Waals surface area contributed by atoms with Crippen molar-refractivity contribution in [2.45, 2.75) is 46.2 Å². The molecule has 0 saturated carbocycles. The number of hydrogen-bond donors (Lipinski definition) is 1. The van der Waals surface area contributed by atoms with Crippen LogP contribution in [0.4, 0.5) is 0 Å². The van der Waals surface area contributed by atoms with Crippen LogP contribution in [-0.2, 0) is 13.0 Å². The van der Waals surface area contributed by atoms with E-state index in [0.717, 1.165) is 25.3 Å². The first-order chi connectivity index (χ1) is 9.44. The number of nitrogens with one attached hydrogen (secondary N) is 1. The molecule has 1 N–H and O–H groups in total. The van der Waals surface area contributed by atoms with Crippen LogP contribution in [0, 0.1) is 6.92 Å². The van der Waals surface area contributed by atoms with Crippen LogP contribution >= 0.6 is 0 Å². The van der Waals surface area contributed by atoms with Crippen LogP contribution in [0.3, 0.4) is 0 Å². The van der Waals surface area contributed by atoms with Crippen molar-refractivity contribution in [1.82, 2.24) is 14.9 Å². The zero-order chi connectivity index (χ0) is 14.6. The second-order valence-electron chi connectivity index (χ2n) is 6.35. The third kappa shape index (κ3) is 4.49. The summed E-state index contributed by atoms with van der Waals surface area (Å²) in [5, 5.41) is 3.52. The second-order valence-corrected chi connectivity index (χ2v) is 6.35. The highest BCUT2D eigenvalue weighted by molar-refractivity contribution is 5.23. The zero-order valence-corrected chi connectivity index (χ0v) is 13.0. The van der Waals surface area contributed by atoms with Crippen LogP contribution in [0.5, 0.6) is 0 Å². The summed E-state index contributed by atoms with van der Waals surface area (Å²) in [6.07, 6.45) is 4.94. The van der Waals surface area contributed by atoms with Gasteiger partial charge in [-0.3, -0.25) is 0 Å². The molecule has 3 heteroatoms. The maximum Gasteiger partial charge on any atom is 0.105 e. The lowest BCUT2D eigenvalue weighted by Crippen LogP contribution is -2.37. The van der Waals surface area contributed by atoms with E-state index in [4.69, 9.17) is 0 Å². The van der Waals surface area contributed by atoms with Gasteiger partial charge in [0.25, 0.3) is 0 Å². The molecule has 20 heavy (non-hydrogen) atoms. The average molecular weight is 271 g/mol. The Balaban J connectivity index is 1.88. The summed E-state index contributed by atoms with van der Waals surface area (Å²) in [6, 6.07) is 8.88. The minimum atomic E-state index is 0.193. The van der Waals surface area contributed by atoms with Gasteiger partial charge in [-0.15, -0.1) is 0 Å². The monoisotopic (exact) mass is 271 g/mol. The SMILES string of the molecule is Cc1nccn1Cc1ccc(CCNC(C)(C)C)cc1. The first-order valence-corrected chi connectivity index (χ1v) is 7.25. The summed E-state index contributed by atoms with van der Waals surface area (Å²) < 4.78 is 2.16. The van der Waals surface area contributed by atoms with E-state index in [1.807, 2.05) is 19.3 Å². The van der Waals surface area contributed by atoms with Gasteiger partial charge < -0.3 is 9.88 Å². The molecule has 0 aliphatic carbocycles. The Hall–Kier alpha value is -1.61. The van der Waals surface area contributed by atoms with E-state index in [1.54, 1.807) is 0 Å². The number of aryl methyl sites for hydroxylation is 1. The minimum absolute atomic E-state index is 0.193. The third-order valence-corrected chi connectivity index (χ3v) is 3.37. The van der Waals surface area contributed by atoms with Gasteiger partial charge in [0.05, 0.1) is 0 Å². The molecule has 0 radical (unpaired) electrons. The molecule has 0 bridgehead atoms. The van der Waals surface area contributed by atoms with Gasteiger partial charge in [-0.05, 0) is 51.8 Å². The molecule has 0 aliphatic heterocycles. The Morgan fingerprint density at radius 3 is 2.30 bits per heavy atom. The average Bonchev–Trinajstić information content (AvgIpc) is 2.76. The maximum absolute atomic E-state index is 4.25. The second kappa shape index (κ2) is 6.23. The fourth-order valence-corrected chi connectivity index (χ4v) is 2.16. The van der Waals surface area contributed by atoms with E-state index < -0.39 is 0 Å². The van der Waals surface area contributed by atoms with Crippen molar-refractivity contribution in [2.75, 3.05) is 6.54 Å². The van der Waals surface area contributed by atoms with Crippen molar-refractivity contribution < 1.29 is 0 Å². The Bertz CT molecular complexity index is 532. The van der Waals surface area contributed by atoms with Gasteiger partial charge in [0.15, 0.2) is 0 Å². The van der Waals surface area contributed by atoms with Gasteiger partial charge in [0.1, 0.15) is 5.82 Å². The van der Waals surface area contributed by atoms with E-state index in [1.165, 1.54) is 11.1 Å². The van der Waals surface area contributed by atoms with Gasteiger partial charge in [-0.1, -0.05) is 24.3 Å². The number of imidazole rings is 1. The molecule has 2 aromatic rings. The van der Waals surface area contributed by atoms with Crippen molar-refractivity contribution in [3.8, 4) is 0 Å². The van der Waals surface area contributed by atoms with Gasteiger partial charge in [-0.2, -0.15) is 0 Å². The highest BCUT2D eigenvalue weighted by Crippen LogP contribution is 2.09. The standard InChI is InChI=1S/C17H25N3/c1-14-18-11-12-20(14)13-16-7-5-15(6-8-16)9-10-19-17(2,3)4/h5-8,11-12,19H,9-10,13H2,1-4H3. The largest absolute Gasteiger partial charge is 0.331 e. The lowest BCUT2D eigenvalue weighted by Gasteiger charge is -2.20. The fourth-order valence-electron chi connectivity index (χ4n) is 2.16. The predicted molar refractivity (Wildman–Crippen MR) is 84.0 cm³/mol. The highest BCUT2D eigenvalue weighted by Gasteiger charge is 2.07. The topological polar surface area (TPSA) is 29.9 Å². The molecule has 0 saturated heterocycles. The third-order valence-electron chi connectivity index (χ3n) is 3.37. The van der Waals surface area contributed by atoms with E-state index in [2.05, 4.69) is 59.9 Å². The minimum Gasteiger partial charge on any atom is -0.331 e. The van der Waals surface area contributed by atoms with Crippen molar-refractivity contribution in [2.24, 2.45) is 0 Å². The molecule has 0 spiro atoms. The maximum atomic E-state index is 4.25. The van der Waals surface area contributed by atoms with Crippen LogP contribution in [0.1, 0.15) is 37.7 Å². The Morgan fingerprint density at radius 1 is 1.10 bits per heavy atom.